The standard InChI is InChI=1S/C10H13NO8S2/c12-4-6-20(16,17)9-3-1-2-8(11(14)15)10(9)21(18,19)7-5-13/h1-3,12-13H,4-7H2. The van der Waals surface area contributed by atoms with Crippen molar-refractivity contribution in [2.75, 3.05) is 24.7 Å². The van der Waals surface area contributed by atoms with Gasteiger partial charge in [0, 0.05) is 6.07 Å². The number of nitro benzene ring substituents is 1. The molecule has 0 unspecified atom stereocenters. The Balaban J connectivity index is 3.76. The van der Waals surface area contributed by atoms with Crippen LogP contribution in [-0.2, 0) is 19.7 Å². The van der Waals surface area contributed by atoms with Crippen LogP contribution in [0, 0.1) is 10.1 Å². The van der Waals surface area contributed by atoms with Crippen LogP contribution in [0.5, 0.6) is 0 Å². The maximum absolute atomic E-state index is 12.0. The first-order valence-electron chi connectivity index (χ1n) is 5.62. The summed E-state index contributed by atoms with van der Waals surface area (Å²) >= 11 is 0. The predicted octanol–water partition coefficient (Wildman–Crippen LogP) is -0.873. The molecule has 0 bridgehead atoms. The van der Waals surface area contributed by atoms with Gasteiger partial charge in [-0.2, -0.15) is 0 Å². The molecule has 0 saturated heterocycles. The van der Waals surface area contributed by atoms with Gasteiger partial charge in [-0.3, -0.25) is 10.1 Å². The van der Waals surface area contributed by atoms with Crippen LogP contribution in [0.2, 0.25) is 0 Å². The first-order valence-corrected chi connectivity index (χ1v) is 8.92. The van der Waals surface area contributed by atoms with E-state index in [0.717, 1.165) is 18.2 Å². The molecule has 11 heteroatoms. The highest BCUT2D eigenvalue weighted by Crippen LogP contribution is 2.31. The van der Waals surface area contributed by atoms with Crippen molar-refractivity contribution in [3.8, 4) is 0 Å². The van der Waals surface area contributed by atoms with Gasteiger partial charge in [0.05, 0.1) is 34.5 Å². The van der Waals surface area contributed by atoms with Gasteiger partial charge in [-0.25, -0.2) is 16.8 Å². The molecule has 0 atom stereocenters. The molecule has 9 nitrogen and oxygen atoms in total. The number of rotatable bonds is 7. The highest BCUT2D eigenvalue weighted by Gasteiger charge is 2.33. The largest absolute Gasteiger partial charge is 0.395 e. The highest BCUT2D eigenvalue weighted by molar-refractivity contribution is 7.94. The van der Waals surface area contributed by atoms with Crippen molar-refractivity contribution in [3.63, 3.8) is 0 Å². The van der Waals surface area contributed by atoms with Crippen molar-refractivity contribution < 1.29 is 32.0 Å². The molecule has 1 rings (SSSR count). The molecule has 1 aromatic carbocycles. The zero-order chi connectivity index (χ0) is 16.3. The molecule has 0 saturated carbocycles. The third-order valence-corrected chi connectivity index (χ3v) is 6.15. The summed E-state index contributed by atoms with van der Waals surface area (Å²) in [5, 5.41) is 28.4. The summed E-state index contributed by atoms with van der Waals surface area (Å²) in [4.78, 5) is 8.22. The van der Waals surface area contributed by atoms with Crippen LogP contribution in [0.4, 0.5) is 5.69 Å². The molecule has 0 aliphatic rings. The number of benzene rings is 1. The Hall–Kier alpha value is -1.56. The first kappa shape index (κ1) is 17.5. The molecule has 0 fully saturated rings. The lowest BCUT2D eigenvalue weighted by Crippen LogP contribution is -2.19. The third-order valence-electron chi connectivity index (χ3n) is 2.52. The van der Waals surface area contributed by atoms with Crippen molar-refractivity contribution in [3.05, 3.63) is 28.3 Å². The summed E-state index contributed by atoms with van der Waals surface area (Å²) in [6, 6.07) is 2.82. The van der Waals surface area contributed by atoms with E-state index in [1.807, 2.05) is 0 Å². The van der Waals surface area contributed by atoms with Crippen molar-refractivity contribution in [1.29, 1.82) is 0 Å². The average Bonchev–Trinajstić information content (AvgIpc) is 2.37. The second-order valence-corrected chi connectivity index (χ2v) is 8.07. The normalized spacial score (nSPS) is 12.3. The molecule has 21 heavy (non-hydrogen) atoms. The second-order valence-electron chi connectivity index (χ2n) is 3.95. The summed E-state index contributed by atoms with van der Waals surface area (Å²) in [7, 11) is -8.58. The lowest BCUT2D eigenvalue weighted by Gasteiger charge is -2.10. The molecule has 118 valence electrons. The van der Waals surface area contributed by atoms with Crippen LogP contribution in [-0.4, -0.2) is 56.7 Å². The maximum atomic E-state index is 12.0. The number of hydrogen-bond acceptors (Lipinski definition) is 8. The van der Waals surface area contributed by atoms with E-state index in [1.165, 1.54) is 0 Å². The van der Waals surface area contributed by atoms with Crippen molar-refractivity contribution in [1.82, 2.24) is 0 Å². The third kappa shape index (κ3) is 3.75. The fourth-order valence-electron chi connectivity index (χ4n) is 1.66. The molecule has 2 N–H and O–H groups in total. The molecule has 0 aromatic heterocycles. The van der Waals surface area contributed by atoms with Gasteiger partial charge in [-0.05, 0) is 6.07 Å². The SMILES string of the molecule is O=[N+]([O-])c1cccc(S(=O)(=O)CCO)c1S(=O)(=O)CCO. The molecule has 0 spiro atoms. The van der Waals surface area contributed by atoms with Gasteiger partial charge in [0.1, 0.15) is 0 Å². The van der Waals surface area contributed by atoms with E-state index >= 15 is 0 Å². The van der Waals surface area contributed by atoms with Gasteiger partial charge < -0.3 is 10.2 Å². The fraction of sp³-hybridized carbons (Fsp3) is 0.400. The average molecular weight is 339 g/mol. The van der Waals surface area contributed by atoms with Gasteiger partial charge in [-0.1, -0.05) is 6.07 Å². The first-order chi connectivity index (χ1) is 9.67. The molecular formula is C10H13NO8S2. The van der Waals surface area contributed by atoms with E-state index in [0.29, 0.717) is 0 Å². The zero-order valence-corrected chi connectivity index (χ0v) is 12.3. The Kier molecular flexibility index (Phi) is 5.39. The van der Waals surface area contributed by atoms with E-state index in [1.54, 1.807) is 0 Å². The maximum Gasteiger partial charge on any atom is 0.289 e. The summed E-state index contributed by atoms with van der Waals surface area (Å²) < 4.78 is 48.0. The zero-order valence-electron chi connectivity index (χ0n) is 10.7. The molecular weight excluding hydrogens is 326 g/mol. The second kappa shape index (κ2) is 6.47. The van der Waals surface area contributed by atoms with Crippen LogP contribution >= 0.6 is 0 Å². The lowest BCUT2D eigenvalue weighted by molar-refractivity contribution is -0.388. The Morgan fingerprint density at radius 2 is 1.52 bits per heavy atom. The van der Waals surface area contributed by atoms with Crippen LogP contribution < -0.4 is 0 Å². The Morgan fingerprint density at radius 1 is 1.00 bits per heavy atom. The van der Waals surface area contributed by atoms with Gasteiger partial charge in [0.15, 0.2) is 24.6 Å². The summed E-state index contributed by atoms with van der Waals surface area (Å²) in [5.41, 5.74) is -0.887. The number of hydrogen-bond donors (Lipinski definition) is 2. The van der Waals surface area contributed by atoms with Crippen LogP contribution in [0.1, 0.15) is 0 Å². The molecule has 0 amide bonds. The van der Waals surface area contributed by atoms with Crippen LogP contribution in [0.3, 0.4) is 0 Å². The topological polar surface area (TPSA) is 152 Å². The summed E-state index contributed by atoms with van der Waals surface area (Å²) in [6.45, 7) is -1.57. The molecule has 0 aliphatic heterocycles. The molecule has 0 heterocycles. The number of aliphatic hydroxyl groups excluding tert-OH is 2. The van der Waals surface area contributed by atoms with Crippen molar-refractivity contribution >= 4 is 25.4 Å². The van der Waals surface area contributed by atoms with Crippen LogP contribution in [0.15, 0.2) is 28.0 Å². The molecule has 0 aliphatic carbocycles. The Morgan fingerprint density at radius 3 is 2.00 bits per heavy atom. The van der Waals surface area contributed by atoms with Gasteiger partial charge in [-0.15, -0.1) is 0 Å². The Labute approximate surface area is 120 Å². The van der Waals surface area contributed by atoms with E-state index in [-0.39, 0.29) is 0 Å². The van der Waals surface area contributed by atoms with Crippen LogP contribution in [0.25, 0.3) is 0 Å². The lowest BCUT2D eigenvalue weighted by atomic mass is 10.3. The predicted molar refractivity (Wildman–Crippen MR) is 71.4 cm³/mol. The van der Waals surface area contributed by atoms with E-state index in [9.17, 15) is 26.9 Å². The number of nitro groups is 1. The number of sulfone groups is 2. The molecule has 0 radical (unpaired) electrons. The fourth-order valence-corrected chi connectivity index (χ4v) is 4.83. The summed E-state index contributed by atoms with van der Waals surface area (Å²) in [6.07, 6.45) is 0. The van der Waals surface area contributed by atoms with Crippen molar-refractivity contribution in [2.24, 2.45) is 0 Å². The van der Waals surface area contributed by atoms with E-state index in [2.05, 4.69) is 0 Å². The van der Waals surface area contributed by atoms with Crippen molar-refractivity contribution in [2.45, 2.75) is 9.79 Å². The highest BCUT2D eigenvalue weighted by atomic mass is 32.2. The number of nitrogens with zero attached hydrogens (tertiary/aromatic N) is 1. The minimum Gasteiger partial charge on any atom is -0.395 e. The quantitative estimate of drug-likeness (QED) is 0.480. The van der Waals surface area contributed by atoms with Gasteiger partial charge in [0.2, 0.25) is 0 Å². The van der Waals surface area contributed by atoms with E-state index < -0.39 is 64.8 Å². The van der Waals surface area contributed by atoms with Gasteiger partial charge in [0.25, 0.3) is 5.69 Å². The minimum absolute atomic E-state index is 0.751. The summed E-state index contributed by atoms with van der Waals surface area (Å²) in [5.74, 6) is -1.62. The van der Waals surface area contributed by atoms with Gasteiger partial charge >= 0.3 is 0 Å². The monoisotopic (exact) mass is 339 g/mol. The Bertz CT molecular complexity index is 738. The minimum atomic E-state index is -4.37. The van der Waals surface area contributed by atoms with E-state index in [4.69, 9.17) is 10.2 Å². The smallest absolute Gasteiger partial charge is 0.289 e. The number of aliphatic hydroxyl groups is 2. The molecule has 1 aromatic rings.